The van der Waals surface area contributed by atoms with Crippen molar-refractivity contribution in [3.8, 4) is 0 Å². The van der Waals surface area contributed by atoms with Gasteiger partial charge in [-0.05, 0) is 148 Å². The summed E-state index contributed by atoms with van der Waals surface area (Å²) in [5.74, 6) is -5.79. The van der Waals surface area contributed by atoms with E-state index in [2.05, 4.69) is 29.9 Å². The lowest BCUT2D eigenvalue weighted by molar-refractivity contribution is -0.134. The van der Waals surface area contributed by atoms with Gasteiger partial charge in [-0.3, -0.25) is 63.2 Å². The van der Waals surface area contributed by atoms with Gasteiger partial charge in [-0.2, -0.15) is 0 Å². The van der Waals surface area contributed by atoms with Crippen LogP contribution in [0.15, 0.2) is 218 Å². The molecule has 3 aliphatic rings. The summed E-state index contributed by atoms with van der Waals surface area (Å²) in [4.78, 5) is 118. The number of anilines is 3. The lowest BCUT2D eigenvalue weighted by Gasteiger charge is -2.22. The number of rotatable bonds is 9. The van der Waals surface area contributed by atoms with Crippen molar-refractivity contribution in [2.75, 3.05) is 14.7 Å². The predicted octanol–water partition coefficient (Wildman–Crippen LogP) is 14.9. The Kier molecular flexibility index (Phi) is 19.4. The molecule has 3 aliphatic heterocycles. The van der Waals surface area contributed by atoms with Gasteiger partial charge in [0.25, 0.3) is 23.3 Å². The standard InChI is InChI=1S/3C25H19N3O3S.C2H4O2/c3*1-14-3-6-17(7-4-14)22(29)20-21(16-9-11-26-12-10-16)28(24(31)23(20)30)25-27-18-8-5-15(2)13-19(18)32-25;1-2(3)4/h3*3-13,21,29H,1-2H3;1H3,(H,3,4). The summed E-state index contributed by atoms with van der Waals surface area (Å²) in [5, 5.41) is 42.0. The second kappa shape index (κ2) is 28.6. The van der Waals surface area contributed by atoms with Gasteiger partial charge in [-0.25, -0.2) is 15.0 Å². The summed E-state index contributed by atoms with van der Waals surface area (Å²) < 4.78 is 2.77. The third-order valence-corrected chi connectivity index (χ3v) is 19.6. The first kappa shape index (κ1) is 67.9. The number of carbonyl (C=O) groups excluding carboxylic acids is 6. The first-order valence-electron chi connectivity index (χ1n) is 31.2. The van der Waals surface area contributed by atoms with Gasteiger partial charge in [-0.15, -0.1) is 0 Å². The molecular formula is C77H61N9O11S3. The van der Waals surface area contributed by atoms with Crippen molar-refractivity contribution in [1.82, 2.24) is 29.9 Å². The molecular weight excluding hydrogens is 1320 g/mol. The Hall–Kier alpha value is -12.1. The van der Waals surface area contributed by atoms with Crippen molar-refractivity contribution in [3.63, 3.8) is 0 Å². The fourth-order valence-electron chi connectivity index (χ4n) is 11.6. The Bertz CT molecular complexity index is 4810. The van der Waals surface area contributed by atoms with Crippen molar-refractivity contribution < 1.29 is 54.0 Å². The van der Waals surface area contributed by atoms with Crippen LogP contribution < -0.4 is 14.7 Å². The maximum absolute atomic E-state index is 13.2. The molecule has 0 spiro atoms. The van der Waals surface area contributed by atoms with E-state index in [9.17, 15) is 44.1 Å². The Morgan fingerprint density at radius 2 is 0.560 bits per heavy atom. The minimum absolute atomic E-state index is 0.0421. The number of amides is 3. The number of pyridine rings is 3. The van der Waals surface area contributed by atoms with Gasteiger partial charge in [0, 0.05) is 60.8 Å². The van der Waals surface area contributed by atoms with Gasteiger partial charge in [0.05, 0.1) is 65.5 Å². The molecule has 0 radical (unpaired) electrons. The minimum Gasteiger partial charge on any atom is -0.507 e. The molecule has 6 aromatic heterocycles. The number of carbonyl (C=O) groups is 7. The molecule has 9 heterocycles. The highest BCUT2D eigenvalue weighted by atomic mass is 32.1. The average Bonchev–Trinajstić information content (AvgIpc) is 1.61. The number of carboxylic acid groups (broad SMARTS) is 1. The Balaban J connectivity index is 0.000000138. The van der Waals surface area contributed by atoms with Crippen LogP contribution in [0.1, 0.15) is 91.8 Å². The Labute approximate surface area is 584 Å². The molecule has 3 atom stereocenters. The number of hydrogen-bond acceptors (Lipinski definition) is 19. The first-order valence-corrected chi connectivity index (χ1v) is 33.6. The molecule has 100 heavy (non-hydrogen) atoms. The number of thiazole rings is 3. The van der Waals surface area contributed by atoms with E-state index >= 15 is 0 Å². The highest BCUT2D eigenvalue weighted by molar-refractivity contribution is 7.23. The number of aromatic nitrogens is 6. The zero-order valence-electron chi connectivity index (χ0n) is 54.7. The molecule has 3 amide bonds. The normalized spacial score (nSPS) is 17.5. The molecule has 20 nitrogen and oxygen atoms in total. The van der Waals surface area contributed by atoms with Crippen LogP contribution >= 0.6 is 34.0 Å². The van der Waals surface area contributed by atoms with Gasteiger partial charge < -0.3 is 20.4 Å². The summed E-state index contributed by atoms with van der Waals surface area (Å²) in [6, 6.07) is 47.1. The molecule has 6 aromatic carbocycles. The van der Waals surface area contributed by atoms with E-state index in [0.29, 0.717) is 48.8 Å². The summed E-state index contributed by atoms with van der Waals surface area (Å²) >= 11 is 4.04. The monoisotopic (exact) mass is 1380 g/mol. The third kappa shape index (κ3) is 13.7. The van der Waals surface area contributed by atoms with E-state index in [1.807, 2.05) is 133 Å². The van der Waals surface area contributed by atoms with Crippen LogP contribution in [0.25, 0.3) is 47.9 Å². The maximum atomic E-state index is 13.2. The minimum atomic E-state index is -0.833. The molecule has 3 fully saturated rings. The lowest BCUT2D eigenvalue weighted by atomic mass is 9.96. The summed E-state index contributed by atoms with van der Waals surface area (Å²) in [5.41, 5.74) is 12.2. The van der Waals surface area contributed by atoms with Crippen molar-refractivity contribution in [2.45, 2.75) is 66.6 Å². The van der Waals surface area contributed by atoms with Crippen LogP contribution in [0, 0.1) is 41.5 Å². The third-order valence-electron chi connectivity index (χ3n) is 16.6. The summed E-state index contributed by atoms with van der Waals surface area (Å²) in [7, 11) is 0. The van der Waals surface area contributed by atoms with Crippen LogP contribution in [0.4, 0.5) is 15.4 Å². The summed E-state index contributed by atoms with van der Waals surface area (Å²) in [6.07, 6.45) is 9.60. The number of aryl methyl sites for hydroxylation is 6. The SMILES string of the molecule is CC(=O)O.Cc1ccc(C(O)=C2C(=O)C(=O)N(c3nc4ccc(C)cc4s3)C2c2ccncc2)cc1.Cc1ccc(C(O)=C2C(=O)C(=O)N(c3nc4ccc(C)cc4s3)C2c2ccncc2)cc1.Cc1ccc(C(O)=C2C(=O)C(=O)N(c3nc4ccc(C)cc4s3)C2c2ccncc2)cc1. The van der Waals surface area contributed by atoms with E-state index in [-0.39, 0.29) is 34.0 Å². The van der Waals surface area contributed by atoms with Crippen LogP contribution in [0.3, 0.4) is 0 Å². The van der Waals surface area contributed by atoms with Crippen LogP contribution in [0.5, 0.6) is 0 Å². The van der Waals surface area contributed by atoms with Crippen LogP contribution in [-0.2, 0) is 33.6 Å². The quantitative estimate of drug-likeness (QED) is 0.0593. The second-order valence-corrected chi connectivity index (χ2v) is 26.9. The maximum Gasteiger partial charge on any atom is 0.301 e. The topological polar surface area (TPSA) is 287 Å². The number of fused-ring (bicyclic) bond motifs is 3. The van der Waals surface area contributed by atoms with Crippen LogP contribution in [0.2, 0.25) is 0 Å². The van der Waals surface area contributed by atoms with Gasteiger partial charge in [0.2, 0.25) is 0 Å². The number of hydrogen-bond donors (Lipinski definition) is 4. The fourth-order valence-corrected chi connectivity index (χ4v) is 14.9. The molecule has 0 aliphatic carbocycles. The average molecular weight is 1380 g/mol. The molecule has 498 valence electrons. The predicted molar refractivity (Wildman–Crippen MR) is 387 cm³/mol. The summed E-state index contributed by atoms with van der Waals surface area (Å²) in [6.45, 7) is 12.9. The lowest BCUT2D eigenvalue weighted by Crippen LogP contribution is -2.29. The highest BCUT2D eigenvalue weighted by Crippen LogP contribution is 2.48. The first-order chi connectivity index (χ1) is 48.0. The van der Waals surface area contributed by atoms with Crippen molar-refractivity contribution >= 4 is 138 Å². The molecule has 23 heteroatoms. The Morgan fingerprint density at radius 1 is 0.340 bits per heavy atom. The number of aliphatic carboxylic acids is 1. The number of Topliss-reactive ketones (excluding diaryl/α,β-unsaturated/α-hetero) is 3. The van der Waals surface area contributed by atoms with Crippen molar-refractivity contribution in [3.05, 3.63) is 284 Å². The van der Waals surface area contributed by atoms with Gasteiger partial charge >= 0.3 is 17.7 Å². The molecule has 15 rings (SSSR count). The largest absolute Gasteiger partial charge is 0.507 e. The Morgan fingerprint density at radius 3 is 0.790 bits per heavy atom. The zero-order chi connectivity index (χ0) is 70.8. The number of carboxylic acids is 1. The van der Waals surface area contributed by atoms with Gasteiger partial charge in [0.15, 0.2) is 15.4 Å². The number of aliphatic hydroxyl groups is 3. The second-order valence-electron chi connectivity index (χ2n) is 23.9. The molecule has 0 saturated carbocycles. The smallest absolute Gasteiger partial charge is 0.301 e. The fraction of sp³-hybridized carbons (Fsp3) is 0.130. The van der Waals surface area contributed by atoms with E-state index in [1.54, 1.807) is 110 Å². The van der Waals surface area contributed by atoms with Crippen molar-refractivity contribution in [2.24, 2.45) is 0 Å². The molecule has 3 unspecified atom stereocenters. The van der Waals surface area contributed by atoms with E-state index in [0.717, 1.165) is 71.0 Å². The number of nitrogens with zero attached hydrogens (tertiary/aromatic N) is 9. The number of ketones is 3. The van der Waals surface area contributed by atoms with Crippen LogP contribution in [-0.4, -0.2) is 91.4 Å². The van der Waals surface area contributed by atoms with E-state index in [1.165, 1.54) is 48.7 Å². The van der Waals surface area contributed by atoms with E-state index < -0.39 is 59.2 Å². The van der Waals surface area contributed by atoms with Gasteiger partial charge in [-0.1, -0.05) is 142 Å². The molecule has 0 bridgehead atoms. The molecule has 3 saturated heterocycles. The molecule has 4 N–H and O–H groups in total. The van der Waals surface area contributed by atoms with Crippen molar-refractivity contribution in [1.29, 1.82) is 0 Å². The number of benzene rings is 6. The zero-order valence-corrected chi connectivity index (χ0v) is 57.1. The number of aliphatic hydroxyl groups excluding tert-OH is 3. The molecule has 12 aromatic rings. The van der Waals surface area contributed by atoms with Gasteiger partial charge in [0.1, 0.15) is 17.3 Å². The highest BCUT2D eigenvalue weighted by Gasteiger charge is 2.51. The van der Waals surface area contributed by atoms with E-state index in [4.69, 9.17) is 9.90 Å².